The molecule has 2 rings (SSSR count). The zero-order valence-electron chi connectivity index (χ0n) is 11.3. The summed E-state index contributed by atoms with van der Waals surface area (Å²) in [7, 11) is 0. The van der Waals surface area contributed by atoms with E-state index in [1.54, 1.807) is 6.07 Å². The normalized spacial score (nSPS) is 10.3. The van der Waals surface area contributed by atoms with Gasteiger partial charge in [0.05, 0.1) is 0 Å². The lowest BCUT2D eigenvalue weighted by Gasteiger charge is -2.09. The highest BCUT2D eigenvalue weighted by atomic mass is 35.5. The third kappa shape index (κ3) is 3.90. The molecule has 7 heteroatoms. The van der Waals surface area contributed by atoms with Gasteiger partial charge in [-0.25, -0.2) is 15.2 Å². The van der Waals surface area contributed by atoms with Crippen LogP contribution in [0.3, 0.4) is 0 Å². The lowest BCUT2D eigenvalue weighted by atomic mass is 10.1. The molecule has 0 unspecified atom stereocenters. The lowest BCUT2D eigenvalue weighted by molar-refractivity contribution is 0.102. The van der Waals surface area contributed by atoms with E-state index in [0.29, 0.717) is 23.5 Å². The van der Waals surface area contributed by atoms with Gasteiger partial charge < -0.3 is 10.7 Å². The van der Waals surface area contributed by atoms with Gasteiger partial charge in [0.1, 0.15) is 11.6 Å². The number of nitrogens with one attached hydrogen (secondary N) is 2. The molecule has 21 heavy (non-hydrogen) atoms. The molecule has 0 atom stereocenters. The number of hydrogen-bond donors (Lipinski definition) is 3. The molecule has 0 bridgehead atoms. The highest BCUT2D eigenvalue weighted by molar-refractivity contribution is 6.31. The number of aryl methyl sites for hydroxylation is 1. The SMILES string of the molecule is CCc1cc(C(=O)Nc2cc(F)cc(Cl)c2)cc(NN)n1. The molecule has 0 saturated carbocycles. The zero-order chi connectivity index (χ0) is 15.4. The molecule has 2 aromatic rings. The van der Waals surface area contributed by atoms with Gasteiger partial charge in [0.2, 0.25) is 0 Å². The van der Waals surface area contributed by atoms with Crippen molar-refractivity contribution in [2.45, 2.75) is 13.3 Å². The summed E-state index contributed by atoms with van der Waals surface area (Å²) in [5.41, 5.74) is 3.77. The maximum absolute atomic E-state index is 13.2. The predicted molar refractivity (Wildman–Crippen MR) is 80.8 cm³/mol. The van der Waals surface area contributed by atoms with Crippen molar-refractivity contribution in [1.29, 1.82) is 0 Å². The van der Waals surface area contributed by atoms with E-state index in [2.05, 4.69) is 15.7 Å². The Morgan fingerprint density at radius 3 is 2.71 bits per heavy atom. The number of pyridine rings is 1. The number of carbonyl (C=O) groups is 1. The first kappa shape index (κ1) is 15.2. The summed E-state index contributed by atoms with van der Waals surface area (Å²) in [5.74, 6) is 4.79. The van der Waals surface area contributed by atoms with E-state index in [9.17, 15) is 9.18 Å². The van der Waals surface area contributed by atoms with Gasteiger partial charge in [-0.1, -0.05) is 18.5 Å². The molecule has 1 aromatic carbocycles. The summed E-state index contributed by atoms with van der Waals surface area (Å²) in [6.07, 6.45) is 0.654. The second kappa shape index (κ2) is 6.51. The highest BCUT2D eigenvalue weighted by Crippen LogP contribution is 2.19. The molecule has 1 aromatic heterocycles. The summed E-state index contributed by atoms with van der Waals surface area (Å²) in [5, 5.41) is 2.79. The van der Waals surface area contributed by atoms with Crippen molar-refractivity contribution in [3.05, 3.63) is 52.4 Å². The average Bonchev–Trinajstić information content (AvgIpc) is 2.45. The standard InChI is InChI=1S/C14H14ClFN4O/c1-2-11-3-8(4-13(18-11)20-17)14(21)19-12-6-9(15)5-10(16)7-12/h3-7H,2,17H2,1H3,(H,18,20)(H,19,21). The first-order valence-electron chi connectivity index (χ1n) is 6.27. The minimum absolute atomic E-state index is 0.207. The number of benzene rings is 1. The van der Waals surface area contributed by atoms with Gasteiger partial charge >= 0.3 is 0 Å². The van der Waals surface area contributed by atoms with Crippen LogP contribution in [0, 0.1) is 5.82 Å². The maximum Gasteiger partial charge on any atom is 0.255 e. The fourth-order valence-electron chi connectivity index (χ4n) is 1.80. The van der Waals surface area contributed by atoms with E-state index in [1.807, 2.05) is 6.92 Å². The minimum atomic E-state index is -0.522. The molecular weight excluding hydrogens is 295 g/mol. The molecule has 110 valence electrons. The highest BCUT2D eigenvalue weighted by Gasteiger charge is 2.10. The van der Waals surface area contributed by atoms with Crippen molar-refractivity contribution < 1.29 is 9.18 Å². The van der Waals surface area contributed by atoms with Gasteiger partial charge in [0, 0.05) is 22.0 Å². The first-order chi connectivity index (χ1) is 10.0. The van der Waals surface area contributed by atoms with Crippen molar-refractivity contribution in [1.82, 2.24) is 4.98 Å². The number of nitrogen functional groups attached to an aromatic ring is 1. The van der Waals surface area contributed by atoms with Crippen LogP contribution < -0.4 is 16.6 Å². The molecule has 1 heterocycles. The number of amides is 1. The molecule has 5 nitrogen and oxygen atoms in total. The largest absolute Gasteiger partial charge is 0.322 e. The summed E-state index contributed by atoms with van der Waals surface area (Å²) in [6, 6.07) is 6.97. The second-order valence-electron chi connectivity index (χ2n) is 4.34. The number of nitrogens with zero attached hydrogens (tertiary/aromatic N) is 1. The third-order valence-corrected chi connectivity index (χ3v) is 2.99. The molecule has 0 aliphatic carbocycles. The minimum Gasteiger partial charge on any atom is -0.322 e. The van der Waals surface area contributed by atoms with Gasteiger partial charge in [-0.3, -0.25) is 4.79 Å². The van der Waals surface area contributed by atoms with Crippen molar-refractivity contribution in [3.8, 4) is 0 Å². The van der Waals surface area contributed by atoms with Gasteiger partial charge in [0.15, 0.2) is 0 Å². The van der Waals surface area contributed by atoms with Crippen LogP contribution >= 0.6 is 11.6 Å². The van der Waals surface area contributed by atoms with E-state index >= 15 is 0 Å². The molecule has 1 amide bonds. The molecular formula is C14H14ClFN4O. The van der Waals surface area contributed by atoms with Crippen LogP contribution in [0.1, 0.15) is 23.0 Å². The average molecular weight is 309 g/mol. The van der Waals surface area contributed by atoms with Gasteiger partial charge in [-0.15, -0.1) is 0 Å². The Hall–Kier alpha value is -2.18. The molecule has 0 aliphatic rings. The van der Waals surface area contributed by atoms with Crippen LogP contribution in [0.15, 0.2) is 30.3 Å². The number of carbonyl (C=O) groups excluding carboxylic acids is 1. The maximum atomic E-state index is 13.2. The second-order valence-corrected chi connectivity index (χ2v) is 4.78. The Kier molecular flexibility index (Phi) is 4.72. The summed E-state index contributed by atoms with van der Waals surface area (Å²) in [4.78, 5) is 16.4. The van der Waals surface area contributed by atoms with Crippen molar-refractivity contribution in [3.63, 3.8) is 0 Å². The monoisotopic (exact) mass is 308 g/mol. The number of aromatic nitrogens is 1. The molecule has 0 saturated heterocycles. The Balaban J connectivity index is 2.27. The van der Waals surface area contributed by atoms with E-state index in [-0.39, 0.29) is 10.7 Å². The summed E-state index contributed by atoms with van der Waals surface area (Å²) >= 11 is 5.75. The molecule has 0 fully saturated rings. The number of halogens is 2. The molecule has 4 N–H and O–H groups in total. The van der Waals surface area contributed by atoms with Crippen molar-refractivity contribution in [2.75, 3.05) is 10.7 Å². The molecule has 0 aliphatic heterocycles. The van der Waals surface area contributed by atoms with E-state index in [0.717, 1.165) is 6.07 Å². The fourth-order valence-corrected chi connectivity index (χ4v) is 2.02. The quantitative estimate of drug-likeness (QED) is 0.599. The van der Waals surface area contributed by atoms with Crippen molar-refractivity contribution >= 4 is 29.0 Å². The van der Waals surface area contributed by atoms with Crippen molar-refractivity contribution in [2.24, 2.45) is 5.84 Å². The lowest BCUT2D eigenvalue weighted by Crippen LogP contribution is -2.15. The Bertz CT molecular complexity index is 636. The fraction of sp³-hybridized carbons (Fsp3) is 0.143. The smallest absolute Gasteiger partial charge is 0.255 e. The molecule has 0 radical (unpaired) electrons. The van der Waals surface area contributed by atoms with Gasteiger partial charge in [0.25, 0.3) is 5.91 Å². The van der Waals surface area contributed by atoms with E-state index in [1.165, 1.54) is 18.2 Å². The number of nitrogens with two attached hydrogens (primary N) is 1. The topological polar surface area (TPSA) is 80.0 Å². The van der Waals surface area contributed by atoms with E-state index in [4.69, 9.17) is 17.4 Å². The number of hydrogen-bond acceptors (Lipinski definition) is 4. The van der Waals surface area contributed by atoms with Crippen LogP contribution in [0.2, 0.25) is 5.02 Å². The van der Waals surface area contributed by atoms with Crippen LogP contribution in [0.4, 0.5) is 15.9 Å². The first-order valence-corrected chi connectivity index (χ1v) is 6.64. The van der Waals surface area contributed by atoms with Gasteiger partial charge in [-0.05, 0) is 36.8 Å². The molecule has 0 spiro atoms. The Labute approximate surface area is 126 Å². The number of hydrazine groups is 1. The van der Waals surface area contributed by atoms with Crippen LogP contribution in [0.25, 0.3) is 0 Å². The van der Waals surface area contributed by atoms with Crippen LogP contribution in [0.5, 0.6) is 0 Å². The third-order valence-electron chi connectivity index (χ3n) is 2.77. The van der Waals surface area contributed by atoms with Crippen LogP contribution in [-0.2, 0) is 6.42 Å². The number of anilines is 2. The summed E-state index contributed by atoms with van der Waals surface area (Å²) in [6.45, 7) is 1.91. The van der Waals surface area contributed by atoms with Gasteiger partial charge in [-0.2, -0.15) is 0 Å². The Morgan fingerprint density at radius 1 is 1.33 bits per heavy atom. The van der Waals surface area contributed by atoms with E-state index < -0.39 is 11.7 Å². The Morgan fingerprint density at radius 2 is 2.10 bits per heavy atom. The number of rotatable bonds is 4. The predicted octanol–water partition coefficient (Wildman–Crippen LogP) is 2.97. The summed E-state index contributed by atoms with van der Waals surface area (Å²) < 4.78 is 13.2. The zero-order valence-corrected chi connectivity index (χ0v) is 12.0. The van der Waals surface area contributed by atoms with Crippen LogP contribution in [-0.4, -0.2) is 10.9 Å².